The number of methoxy groups -OCH3 is 1. The number of ether oxygens (including phenoxy) is 3. The summed E-state index contributed by atoms with van der Waals surface area (Å²) in [5.74, 6) is 0.612. The number of carbonyl (C=O) groups excluding carboxylic acids is 1. The third kappa shape index (κ3) is 4.91. The van der Waals surface area contributed by atoms with Gasteiger partial charge in [-0.15, -0.1) is 11.3 Å². The number of rotatable bonds is 8. The van der Waals surface area contributed by atoms with E-state index in [1.807, 2.05) is 23.6 Å². The number of esters is 1. The van der Waals surface area contributed by atoms with Crippen LogP contribution in [0.5, 0.6) is 11.5 Å². The van der Waals surface area contributed by atoms with E-state index in [4.69, 9.17) is 14.2 Å². The van der Waals surface area contributed by atoms with Crippen LogP contribution in [0.25, 0.3) is 6.08 Å². The summed E-state index contributed by atoms with van der Waals surface area (Å²) in [5.41, 5.74) is 1.44. The highest BCUT2D eigenvalue weighted by Crippen LogP contribution is 2.37. The van der Waals surface area contributed by atoms with Crippen molar-refractivity contribution in [2.75, 3.05) is 20.3 Å². The molecule has 0 amide bonds. The molecule has 0 spiro atoms. The molecule has 0 N–H and O–H groups in total. The second-order valence-corrected chi connectivity index (χ2v) is 10.3. The van der Waals surface area contributed by atoms with E-state index in [0.717, 1.165) is 10.4 Å². The van der Waals surface area contributed by atoms with Crippen LogP contribution in [0.1, 0.15) is 30.3 Å². The Morgan fingerprint density at radius 2 is 2.17 bits per heavy atom. The number of thiazole rings is 1. The second kappa shape index (κ2) is 10.8. The number of benzene rings is 1. The number of hydrogen-bond donors (Lipinski definition) is 0. The Labute approximate surface area is 218 Å². The Bertz CT molecular complexity index is 1480. The molecule has 1 aromatic carbocycles. The number of thiophene rings is 1. The van der Waals surface area contributed by atoms with Gasteiger partial charge in [-0.2, -0.15) is 0 Å². The van der Waals surface area contributed by atoms with Crippen molar-refractivity contribution in [3.05, 3.63) is 88.2 Å². The van der Waals surface area contributed by atoms with E-state index in [-0.39, 0.29) is 12.2 Å². The van der Waals surface area contributed by atoms with E-state index < -0.39 is 12.0 Å². The van der Waals surface area contributed by atoms with Crippen LogP contribution < -0.4 is 24.4 Å². The molecule has 4 rings (SSSR count). The summed E-state index contributed by atoms with van der Waals surface area (Å²) in [7, 11) is 1.56. The zero-order valence-corrected chi connectivity index (χ0v) is 22.6. The molecule has 0 fully saturated rings. The van der Waals surface area contributed by atoms with Gasteiger partial charge in [-0.05, 0) is 65.0 Å². The lowest BCUT2D eigenvalue weighted by atomic mass is 10.0. The number of aromatic nitrogens is 1. The molecule has 182 valence electrons. The smallest absolute Gasteiger partial charge is 0.338 e. The number of halogens is 1. The van der Waals surface area contributed by atoms with Crippen molar-refractivity contribution in [3.63, 3.8) is 0 Å². The van der Waals surface area contributed by atoms with Gasteiger partial charge in [-0.25, -0.2) is 9.79 Å². The topological polar surface area (TPSA) is 79.1 Å². The molecule has 0 bridgehead atoms. The first kappa shape index (κ1) is 25.2. The molecule has 10 heteroatoms. The molecule has 3 aromatic rings. The van der Waals surface area contributed by atoms with Gasteiger partial charge in [0.2, 0.25) is 0 Å². The number of nitrogens with zero attached hydrogens (tertiary/aromatic N) is 2. The average Bonchev–Trinajstić information content (AvgIpc) is 3.46. The first-order valence-corrected chi connectivity index (χ1v) is 13.2. The Morgan fingerprint density at radius 3 is 2.83 bits per heavy atom. The summed E-state index contributed by atoms with van der Waals surface area (Å²) < 4.78 is 19.2. The molecule has 1 aliphatic heterocycles. The van der Waals surface area contributed by atoms with Gasteiger partial charge in [0.1, 0.15) is 12.6 Å². The van der Waals surface area contributed by atoms with Gasteiger partial charge in [-0.1, -0.05) is 30.1 Å². The van der Waals surface area contributed by atoms with Crippen LogP contribution in [-0.2, 0) is 9.53 Å². The molecule has 0 radical (unpaired) electrons. The number of fused-ring (bicyclic) bond motifs is 1. The maximum absolute atomic E-state index is 13.6. The Kier molecular flexibility index (Phi) is 7.73. The summed E-state index contributed by atoms with van der Waals surface area (Å²) in [6, 6.07) is 6.87. The van der Waals surface area contributed by atoms with E-state index in [1.165, 1.54) is 22.7 Å². The molecule has 2 aromatic heterocycles. The highest BCUT2D eigenvalue weighted by molar-refractivity contribution is 9.10. The van der Waals surface area contributed by atoms with Crippen molar-refractivity contribution in [2.24, 2.45) is 4.99 Å². The fourth-order valence-corrected chi connectivity index (χ4v) is 6.21. The lowest BCUT2D eigenvalue weighted by Gasteiger charge is -2.23. The zero-order chi connectivity index (χ0) is 25.1. The normalized spacial score (nSPS) is 15.4. The molecule has 35 heavy (non-hydrogen) atoms. The van der Waals surface area contributed by atoms with E-state index in [2.05, 4.69) is 27.5 Å². The van der Waals surface area contributed by atoms with E-state index in [9.17, 15) is 9.59 Å². The van der Waals surface area contributed by atoms with Crippen LogP contribution in [-0.4, -0.2) is 30.9 Å². The molecular formula is C25H23BrN2O5S2. The first-order chi connectivity index (χ1) is 16.9. The Morgan fingerprint density at radius 1 is 1.37 bits per heavy atom. The second-order valence-electron chi connectivity index (χ2n) is 7.45. The van der Waals surface area contributed by atoms with Crippen molar-refractivity contribution >= 4 is 50.6 Å². The molecule has 0 saturated heterocycles. The summed E-state index contributed by atoms with van der Waals surface area (Å²) in [4.78, 5) is 32.5. The third-order valence-corrected chi connectivity index (χ3v) is 7.72. The van der Waals surface area contributed by atoms with Crippen LogP contribution in [0.15, 0.2) is 67.8 Å². The summed E-state index contributed by atoms with van der Waals surface area (Å²) in [5, 5.41) is 1.92. The van der Waals surface area contributed by atoms with Gasteiger partial charge in [0, 0.05) is 4.88 Å². The monoisotopic (exact) mass is 574 g/mol. The molecule has 0 aliphatic carbocycles. The number of allylic oxidation sites excluding steroid dienone is 1. The molecule has 0 saturated carbocycles. The predicted octanol–water partition coefficient (Wildman–Crippen LogP) is 4.20. The van der Waals surface area contributed by atoms with Crippen molar-refractivity contribution in [3.8, 4) is 11.5 Å². The lowest BCUT2D eigenvalue weighted by molar-refractivity contribution is -0.139. The maximum Gasteiger partial charge on any atom is 0.338 e. The molecular weight excluding hydrogens is 552 g/mol. The van der Waals surface area contributed by atoms with Crippen molar-refractivity contribution in [1.82, 2.24) is 4.57 Å². The molecule has 1 atom stereocenters. The van der Waals surface area contributed by atoms with E-state index in [1.54, 1.807) is 43.7 Å². The van der Waals surface area contributed by atoms with Gasteiger partial charge in [0.05, 0.1) is 34.0 Å². The van der Waals surface area contributed by atoms with Crippen LogP contribution in [0, 0.1) is 0 Å². The minimum absolute atomic E-state index is 0.233. The van der Waals surface area contributed by atoms with Gasteiger partial charge >= 0.3 is 5.97 Å². The Hall–Kier alpha value is -2.95. The fourth-order valence-electron chi connectivity index (χ4n) is 3.76. The van der Waals surface area contributed by atoms with Gasteiger partial charge in [0.25, 0.3) is 5.56 Å². The standard InChI is InChI=1S/C25H23BrN2O5S2/c1-5-9-33-22-16(26)11-15(12-17(22)31-4)13-19-23(29)28-21(18-8-7-10-34-18)20(24(30)32-6-2)14(3)27-25(28)35-19/h5,7-8,10-13,21H,1,6,9H2,2-4H3/b19-13+/t21-/m1/s1. The number of hydrogen-bond acceptors (Lipinski definition) is 8. The average molecular weight is 576 g/mol. The SMILES string of the molecule is C=CCOc1c(Br)cc(/C=c2/sc3n(c2=O)[C@H](c2cccs2)C(C(=O)OCC)=C(C)N=3)cc1OC. The first-order valence-electron chi connectivity index (χ1n) is 10.7. The van der Waals surface area contributed by atoms with Gasteiger partial charge < -0.3 is 14.2 Å². The van der Waals surface area contributed by atoms with Crippen LogP contribution in [0.2, 0.25) is 0 Å². The van der Waals surface area contributed by atoms with Crippen LogP contribution in [0.3, 0.4) is 0 Å². The summed E-state index contributed by atoms with van der Waals surface area (Å²) in [6.07, 6.45) is 3.43. The molecule has 7 nitrogen and oxygen atoms in total. The van der Waals surface area contributed by atoms with E-state index >= 15 is 0 Å². The zero-order valence-electron chi connectivity index (χ0n) is 19.4. The van der Waals surface area contributed by atoms with Gasteiger partial charge in [0.15, 0.2) is 16.3 Å². The molecule has 1 aliphatic rings. The molecule has 0 unspecified atom stereocenters. The summed E-state index contributed by atoms with van der Waals surface area (Å²) >= 11 is 6.28. The lowest BCUT2D eigenvalue weighted by Crippen LogP contribution is -2.39. The van der Waals surface area contributed by atoms with Crippen molar-refractivity contribution < 1.29 is 19.0 Å². The maximum atomic E-state index is 13.6. The Balaban J connectivity index is 1.87. The third-order valence-electron chi connectivity index (χ3n) is 5.22. The van der Waals surface area contributed by atoms with Crippen molar-refractivity contribution in [2.45, 2.75) is 19.9 Å². The minimum atomic E-state index is -0.594. The molecule has 3 heterocycles. The highest BCUT2D eigenvalue weighted by atomic mass is 79.9. The number of carbonyl (C=O) groups is 1. The van der Waals surface area contributed by atoms with E-state index in [0.29, 0.717) is 43.2 Å². The van der Waals surface area contributed by atoms with Crippen molar-refractivity contribution in [1.29, 1.82) is 0 Å². The highest BCUT2D eigenvalue weighted by Gasteiger charge is 2.33. The quantitative estimate of drug-likeness (QED) is 0.297. The minimum Gasteiger partial charge on any atom is -0.493 e. The summed E-state index contributed by atoms with van der Waals surface area (Å²) in [6.45, 7) is 7.76. The largest absolute Gasteiger partial charge is 0.493 e. The van der Waals surface area contributed by atoms with Crippen LogP contribution >= 0.6 is 38.6 Å². The van der Waals surface area contributed by atoms with Gasteiger partial charge in [-0.3, -0.25) is 9.36 Å². The fraction of sp³-hybridized carbons (Fsp3) is 0.240. The van der Waals surface area contributed by atoms with Crippen LogP contribution in [0.4, 0.5) is 0 Å². The predicted molar refractivity (Wildman–Crippen MR) is 141 cm³/mol.